The minimum atomic E-state index is -4.07. The fourth-order valence-corrected chi connectivity index (χ4v) is 3.96. The number of aromatic amines is 1. The molecular formula is C13H7Cl3N2O4S. The Morgan fingerprint density at radius 3 is 2.57 bits per heavy atom. The number of oxazole rings is 1. The van der Waals surface area contributed by atoms with Gasteiger partial charge < -0.3 is 4.42 Å². The first-order chi connectivity index (χ1) is 10.8. The molecule has 23 heavy (non-hydrogen) atoms. The van der Waals surface area contributed by atoms with Crippen molar-refractivity contribution < 1.29 is 12.8 Å². The average Bonchev–Trinajstić information content (AvgIpc) is 2.82. The number of hydrogen-bond acceptors (Lipinski definition) is 4. The molecule has 1 aromatic heterocycles. The molecule has 0 unspecified atom stereocenters. The summed E-state index contributed by atoms with van der Waals surface area (Å²) in [5, 5.41) is 0.174. The number of halogens is 3. The third-order valence-electron chi connectivity index (χ3n) is 2.96. The second-order valence-electron chi connectivity index (χ2n) is 4.50. The predicted octanol–water partition coefficient (Wildman–Crippen LogP) is 3.88. The fourth-order valence-electron chi connectivity index (χ4n) is 1.94. The van der Waals surface area contributed by atoms with Crippen molar-refractivity contribution in [3.63, 3.8) is 0 Å². The van der Waals surface area contributed by atoms with E-state index in [9.17, 15) is 13.2 Å². The van der Waals surface area contributed by atoms with E-state index in [2.05, 4.69) is 9.71 Å². The first kappa shape index (κ1) is 16.2. The van der Waals surface area contributed by atoms with Gasteiger partial charge in [-0.05, 0) is 18.2 Å². The van der Waals surface area contributed by atoms with Gasteiger partial charge in [0.1, 0.15) is 4.90 Å². The molecule has 0 amide bonds. The molecule has 0 bridgehead atoms. The van der Waals surface area contributed by atoms with Crippen LogP contribution < -0.4 is 10.5 Å². The number of anilines is 1. The number of rotatable bonds is 3. The number of hydrogen-bond donors (Lipinski definition) is 2. The van der Waals surface area contributed by atoms with E-state index in [1.807, 2.05) is 0 Å². The van der Waals surface area contributed by atoms with E-state index >= 15 is 0 Å². The number of nitrogens with one attached hydrogen (secondary N) is 2. The van der Waals surface area contributed by atoms with Gasteiger partial charge in [0.15, 0.2) is 5.58 Å². The van der Waals surface area contributed by atoms with Crippen LogP contribution in [0, 0.1) is 0 Å². The molecule has 0 radical (unpaired) electrons. The quantitative estimate of drug-likeness (QED) is 0.706. The molecule has 3 aromatic rings. The van der Waals surface area contributed by atoms with Crippen LogP contribution in [0.5, 0.6) is 0 Å². The molecule has 0 spiro atoms. The van der Waals surface area contributed by atoms with E-state index in [0.717, 1.165) is 6.07 Å². The van der Waals surface area contributed by atoms with Crippen LogP contribution in [0.2, 0.25) is 15.1 Å². The fraction of sp³-hybridized carbons (Fsp3) is 0. The van der Waals surface area contributed by atoms with Crippen molar-refractivity contribution in [3.05, 3.63) is 56.0 Å². The molecule has 0 saturated carbocycles. The van der Waals surface area contributed by atoms with Gasteiger partial charge in [0.25, 0.3) is 10.0 Å². The van der Waals surface area contributed by atoms with Crippen molar-refractivity contribution >= 4 is 61.6 Å². The highest BCUT2D eigenvalue weighted by Gasteiger charge is 2.22. The van der Waals surface area contributed by atoms with Crippen LogP contribution in [0.25, 0.3) is 11.1 Å². The molecule has 0 aliphatic rings. The minimum absolute atomic E-state index is 0.0584. The van der Waals surface area contributed by atoms with Crippen molar-refractivity contribution in [2.45, 2.75) is 4.90 Å². The van der Waals surface area contributed by atoms with Gasteiger partial charge in [-0.2, -0.15) is 0 Å². The molecule has 1 heterocycles. The highest BCUT2D eigenvalue weighted by Crippen LogP contribution is 2.33. The van der Waals surface area contributed by atoms with E-state index in [0.29, 0.717) is 5.52 Å². The second kappa shape index (κ2) is 5.76. The summed E-state index contributed by atoms with van der Waals surface area (Å²) >= 11 is 17.8. The van der Waals surface area contributed by atoms with E-state index in [1.54, 1.807) is 6.07 Å². The zero-order chi connectivity index (χ0) is 16.8. The van der Waals surface area contributed by atoms with Crippen molar-refractivity contribution in [3.8, 4) is 0 Å². The maximum Gasteiger partial charge on any atom is 0.417 e. The zero-order valence-corrected chi connectivity index (χ0v) is 14.1. The lowest BCUT2D eigenvalue weighted by Gasteiger charge is -2.11. The van der Waals surface area contributed by atoms with Gasteiger partial charge in [-0.3, -0.25) is 9.71 Å². The van der Waals surface area contributed by atoms with Crippen LogP contribution >= 0.6 is 34.8 Å². The van der Waals surface area contributed by atoms with E-state index in [-0.39, 0.29) is 31.2 Å². The van der Waals surface area contributed by atoms with Crippen LogP contribution in [-0.4, -0.2) is 13.4 Å². The van der Waals surface area contributed by atoms with E-state index < -0.39 is 15.8 Å². The molecule has 0 fully saturated rings. The Hall–Kier alpha value is -1.67. The molecule has 0 aliphatic heterocycles. The summed E-state index contributed by atoms with van der Waals surface area (Å²) in [4.78, 5) is 13.3. The van der Waals surface area contributed by atoms with Gasteiger partial charge in [0.2, 0.25) is 0 Å². The number of H-pyrrole nitrogens is 1. The lowest BCUT2D eigenvalue weighted by Crippen LogP contribution is -2.13. The third-order valence-corrected chi connectivity index (χ3v) is 5.61. The number of fused-ring (bicyclic) bond motifs is 1. The summed E-state index contributed by atoms with van der Waals surface area (Å²) < 4.78 is 32.2. The summed E-state index contributed by atoms with van der Waals surface area (Å²) in [6, 6.07) is 6.96. The van der Waals surface area contributed by atoms with Crippen LogP contribution in [0.1, 0.15) is 0 Å². The largest absolute Gasteiger partial charge is 0.417 e. The van der Waals surface area contributed by atoms with Crippen molar-refractivity contribution in [1.82, 2.24) is 4.98 Å². The summed E-state index contributed by atoms with van der Waals surface area (Å²) in [6.07, 6.45) is 0. The number of benzene rings is 2. The molecule has 2 N–H and O–H groups in total. The molecule has 120 valence electrons. The molecule has 0 atom stereocenters. The van der Waals surface area contributed by atoms with Crippen molar-refractivity contribution in [2.75, 3.05) is 4.72 Å². The standard InChI is InChI=1S/C13H7Cl3N2O4S/c14-6-2-1-3-8(12(6)16)18-23(20,21)11-5-10-9(4-7(11)15)17-13(19)22-10/h1-5,18H,(H,17,19). The minimum Gasteiger partial charge on any atom is -0.408 e. The van der Waals surface area contributed by atoms with Crippen molar-refractivity contribution in [2.24, 2.45) is 0 Å². The van der Waals surface area contributed by atoms with Crippen molar-refractivity contribution in [1.29, 1.82) is 0 Å². The van der Waals surface area contributed by atoms with Gasteiger partial charge in [-0.15, -0.1) is 0 Å². The maximum absolute atomic E-state index is 12.5. The summed E-state index contributed by atoms with van der Waals surface area (Å²) in [7, 11) is -4.07. The van der Waals surface area contributed by atoms with E-state index in [1.165, 1.54) is 18.2 Å². The topological polar surface area (TPSA) is 92.2 Å². The summed E-state index contributed by atoms with van der Waals surface area (Å²) in [6.45, 7) is 0. The molecule has 0 aliphatic carbocycles. The molecule has 0 saturated heterocycles. The Morgan fingerprint density at radius 2 is 1.83 bits per heavy atom. The maximum atomic E-state index is 12.5. The Balaban J connectivity index is 2.10. The molecule has 6 nitrogen and oxygen atoms in total. The van der Waals surface area contributed by atoms with Gasteiger partial charge in [0, 0.05) is 6.07 Å². The highest BCUT2D eigenvalue weighted by atomic mass is 35.5. The zero-order valence-electron chi connectivity index (χ0n) is 11.1. The summed E-state index contributed by atoms with van der Waals surface area (Å²) in [5.74, 6) is -0.712. The monoisotopic (exact) mass is 392 g/mol. The number of sulfonamides is 1. The molecule has 2 aromatic carbocycles. The van der Waals surface area contributed by atoms with Gasteiger partial charge in [-0.1, -0.05) is 40.9 Å². The molecule has 3 rings (SSSR count). The van der Waals surface area contributed by atoms with Crippen LogP contribution in [0.15, 0.2) is 44.4 Å². The van der Waals surface area contributed by atoms with Crippen LogP contribution in [-0.2, 0) is 10.0 Å². The third kappa shape index (κ3) is 3.05. The van der Waals surface area contributed by atoms with Crippen LogP contribution in [0.3, 0.4) is 0 Å². The second-order valence-corrected chi connectivity index (χ2v) is 7.34. The molecular weight excluding hydrogens is 387 g/mol. The Bertz CT molecular complexity index is 1070. The Kier molecular flexibility index (Phi) is 4.05. The van der Waals surface area contributed by atoms with E-state index in [4.69, 9.17) is 39.2 Å². The first-order valence-electron chi connectivity index (χ1n) is 6.07. The predicted molar refractivity (Wildman–Crippen MR) is 89.1 cm³/mol. The number of aromatic nitrogens is 1. The molecule has 10 heteroatoms. The van der Waals surface area contributed by atoms with Gasteiger partial charge in [-0.25, -0.2) is 13.2 Å². The Labute approximate surface area is 145 Å². The SMILES string of the molecule is O=c1[nH]c2cc(Cl)c(S(=O)(=O)Nc3cccc(Cl)c3Cl)cc2o1. The Morgan fingerprint density at radius 1 is 1.09 bits per heavy atom. The normalized spacial score (nSPS) is 11.8. The lowest BCUT2D eigenvalue weighted by molar-refractivity contribution is 0.554. The van der Waals surface area contributed by atoms with Crippen LogP contribution in [0.4, 0.5) is 5.69 Å². The smallest absolute Gasteiger partial charge is 0.408 e. The summed E-state index contributed by atoms with van der Waals surface area (Å²) in [5.41, 5.74) is 0.461. The first-order valence-corrected chi connectivity index (χ1v) is 8.69. The van der Waals surface area contributed by atoms with Gasteiger partial charge >= 0.3 is 5.76 Å². The average molecular weight is 394 g/mol. The van der Waals surface area contributed by atoms with Gasteiger partial charge in [0.05, 0.1) is 26.3 Å². The highest BCUT2D eigenvalue weighted by molar-refractivity contribution is 7.92. The lowest BCUT2D eigenvalue weighted by atomic mass is 10.3.